The van der Waals surface area contributed by atoms with Gasteiger partial charge in [0.05, 0.1) is 50.6 Å². The number of amides is 1. The van der Waals surface area contributed by atoms with Gasteiger partial charge in [0.25, 0.3) is 5.91 Å². The van der Waals surface area contributed by atoms with Crippen LogP contribution in [0.25, 0.3) is 6.08 Å². The van der Waals surface area contributed by atoms with E-state index in [-0.39, 0.29) is 5.91 Å². The number of carbonyl (C=O) groups excluding carboxylic acids is 1. The molecule has 0 radical (unpaired) electrons. The average molecular weight is 429 g/mol. The van der Waals surface area contributed by atoms with Gasteiger partial charge in [-0.3, -0.25) is 9.69 Å². The predicted octanol–water partition coefficient (Wildman–Crippen LogP) is 3.96. The van der Waals surface area contributed by atoms with Gasteiger partial charge in [0, 0.05) is 19.2 Å². The third-order valence-corrected chi connectivity index (χ3v) is 5.42. The van der Waals surface area contributed by atoms with Crippen LogP contribution in [-0.2, 0) is 9.53 Å². The molecule has 7 nitrogen and oxygen atoms in total. The van der Waals surface area contributed by atoms with Gasteiger partial charge in [0.2, 0.25) is 0 Å². The van der Waals surface area contributed by atoms with Gasteiger partial charge in [-0.05, 0) is 30.0 Å². The fraction of sp³-hybridized carbons (Fsp3) is 0.273. The number of aliphatic imine (C=N–C) groups is 1. The molecule has 0 N–H and O–H groups in total. The number of thioether (sulfide) groups is 1. The third-order valence-electron chi connectivity index (χ3n) is 4.42. The van der Waals surface area contributed by atoms with Crippen LogP contribution in [0.5, 0.6) is 17.2 Å². The molecule has 0 aromatic heterocycles. The highest BCUT2D eigenvalue weighted by molar-refractivity contribution is 8.18. The summed E-state index contributed by atoms with van der Waals surface area (Å²) in [5.74, 6) is 1.55. The highest BCUT2D eigenvalue weighted by atomic mass is 32.2. The first-order valence-electron chi connectivity index (χ1n) is 9.25. The summed E-state index contributed by atoms with van der Waals surface area (Å²) in [5, 5.41) is 0.598. The molecule has 158 valence electrons. The summed E-state index contributed by atoms with van der Waals surface area (Å²) in [6.07, 6.45) is 1.76. The molecule has 1 saturated heterocycles. The van der Waals surface area contributed by atoms with Crippen molar-refractivity contribution in [3.63, 3.8) is 0 Å². The van der Waals surface area contributed by atoms with Crippen LogP contribution in [0.3, 0.4) is 0 Å². The molecule has 0 bridgehead atoms. The number of amidine groups is 1. The van der Waals surface area contributed by atoms with Gasteiger partial charge in [-0.15, -0.1) is 0 Å². The number of nitrogens with zero attached hydrogens (tertiary/aromatic N) is 2. The summed E-state index contributed by atoms with van der Waals surface area (Å²) in [7, 11) is 6.30. The fourth-order valence-electron chi connectivity index (χ4n) is 2.89. The van der Waals surface area contributed by atoms with Crippen LogP contribution in [-0.4, -0.2) is 57.6 Å². The van der Waals surface area contributed by atoms with E-state index < -0.39 is 0 Å². The smallest absolute Gasteiger partial charge is 0.266 e. The monoisotopic (exact) mass is 428 g/mol. The van der Waals surface area contributed by atoms with Gasteiger partial charge in [-0.1, -0.05) is 18.2 Å². The summed E-state index contributed by atoms with van der Waals surface area (Å²) >= 11 is 1.30. The molecule has 3 rings (SSSR count). The van der Waals surface area contributed by atoms with Gasteiger partial charge in [-0.25, -0.2) is 4.99 Å². The summed E-state index contributed by atoms with van der Waals surface area (Å²) in [5.41, 5.74) is 1.43. The van der Waals surface area contributed by atoms with Crippen molar-refractivity contribution in [3.8, 4) is 17.2 Å². The van der Waals surface area contributed by atoms with E-state index in [2.05, 4.69) is 4.99 Å². The van der Waals surface area contributed by atoms with E-state index in [1.54, 1.807) is 51.5 Å². The van der Waals surface area contributed by atoms with E-state index in [0.29, 0.717) is 46.0 Å². The molecule has 1 aliphatic rings. The van der Waals surface area contributed by atoms with E-state index >= 15 is 0 Å². The number of benzene rings is 2. The van der Waals surface area contributed by atoms with Crippen LogP contribution in [0.1, 0.15) is 5.56 Å². The van der Waals surface area contributed by atoms with E-state index in [4.69, 9.17) is 18.9 Å². The SMILES string of the molecule is COCCN1C(=O)C(=Cc2c(OC)cc(OC)cc2OC)SC1=Nc1ccccc1. The molecule has 1 amide bonds. The summed E-state index contributed by atoms with van der Waals surface area (Å²) in [4.78, 5) is 19.9. The largest absolute Gasteiger partial charge is 0.496 e. The summed E-state index contributed by atoms with van der Waals surface area (Å²) in [6, 6.07) is 13.0. The number of carbonyl (C=O) groups is 1. The average Bonchev–Trinajstić information content (AvgIpc) is 3.06. The lowest BCUT2D eigenvalue weighted by Crippen LogP contribution is -2.32. The summed E-state index contributed by atoms with van der Waals surface area (Å²) in [6.45, 7) is 0.810. The van der Waals surface area contributed by atoms with E-state index in [1.165, 1.54) is 11.8 Å². The number of methoxy groups -OCH3 is 4. The second-order valence-electron chi connectivity index (χ2n) is 6.24. The van der Waals surface area contributed by atoms with Gasteiger partial charge < -0.3 is 18.9 Å². The second kappa shape index (κ2) is 10.2. The Kier molecular flexibility index (Phi) is 7.37. The standard InChI is InChI=1S/C22H24N2O5S/c1-26-11-10-24-21(25)20(30-22(24)23-15-8-6-5-7-9-15)14-17-18(28-3)12-16(27-2)13-19(17)29-4/h5-9,12-14H,10-11H2,1-4H3. The first-order valence-corrected chi connectivity index (χ1v) is 10.1. The lowest BCUT2D eigenvalue weighted by atomic mass is 10.1. The molecule has 0 saturated carbocycles. The Balaban J connectivity index is 2.03. The first kappa shape index (κ1) is 21.7. The molecule has 30 heavy (non-hydrogen) atoms. The zero-order chi connectivity index (χ0) is 21.5. The lowest BCUT2D eigenvalue weighted by Gasteiger charge is -2.15. The molecule has 2 aromatic rings. The molecule has 2 aromatic carbocycles. The first-order chi connectivity index (χ1) is 14.6. The van der Waals surface area contributed by atoms with Crippen molar-refractivity contribution >= 4 is 34.6 Å². The van der Waals surface area contributed by atoms with E-state index in [0.717, 1.165) is 5.69 Å². The zero-order valence-corrected chi connectivity index (χ0v) is 18.2. The molecule has 1 heterocycles. The molecular weight excluding hydrogens is 404 g/mol. The minimum Gasteiger partial charge on any atom is -0.496 e. The topological polar surface area (TPSA) is 69.6 Å². The van der Waals surface area contributed by atoms with Crippen LogP contribution < -0.4 is 14.2 Å². The Morgan fingerprint density at radius 2 is 1.67 bits per heavy atom. The Morgan fingerprint density at radius 1 is 1.00 bits per heavy atom. The van der Waals surface area contributed by atoms with Crippen molar-refractivity contribution in [3.05, 3.63) is 52.9 Å². The number of ether oxygens (including phenoxy) is 4. The fourth-order valence-corrected chi connectivity index (χ4v) is 3.90. The van der Waals surface area contributed by atoms with Crippen molar-refractivity contribution < 1.29 is 23.7 Å². The van der Waals surface area contributed by atoms with Gasteiger partial charge in [0.1, 0.15) is 17.2 Å². The quantitative estimate of drug-likeness (QED) is 0.593. The van der Waals surface area contributed by atoms with Crippen molar-refractivity contribution in [2.75, 3.05) is 41.6 Å². The molecule has 8 heteroatoms. The van der Waals surface area contributed by atoms with Crippen molar-refractivity contribution in [1.29, 1.82) is 0 Å². The normalized spacial score (nSPS) is 16.4. The minimum absolute atomic E-state index is 0.147. The molecule has 0 atom stereocenters. The number of hydrogen-bond acceptors (Lipinski definition) is 7. The van der Waals surface area contributed by atoms with Crippen LogP contribution >= 0.6 is 11.8 Å². The molecule has 0 spiro atoms. The lowest BCUT2D eigenvalue weighted by molar-refractivity contribution is -0.122. The van der Waals surface area contributed by atoms with Crippen LogP contribution in [0.4, 0.5) is 5.69 Å². The molecule has 1 fully saturated rings. The van der Waals surface area contributed by atoms with E-state index in [1.807, 2.05) is 30.3 Å². The van der Waals surface area contributed by atoms with Crippen LogP contribution in [0.2, 0.25) is 0 Å². The van der Waals surface area contributed by atoms with Crippen LogP contribution in [0, 0.1) is 0 Å². The Labute approximate surface area is 180 Å². The summed E-state index contributed by atoms with van der Waals surface area (Å²) < 4.78 is 21.5. The number of rotatable bonds is 8. The molecule has 0 unspecified atom stereocenters. The highest BCUT2D eigenvalue weighted by Gasteiger charge is 2.33. The number of hydrogen-bond donors (Lipinski definition) is 0. The van der Waals surface area contributed by atoms with Crippen molar-refractivity contribution in [2.45, 2.75) is 0 Å². The van der Waals surface area contributed by atoms with Crippen molar-refractivity contribution in [1.82, 2.24) is 4.90 Å². The Bertz CT molecular complexity index is 934. The van der Waals surface area contributed by atoms with Crippen molar-refractivity contribution in [2.24, 2.45) is 4.99 Å². The third kappa shape index (κ3) is 4.77. The minimum atomic E-state index is -0.147. The van der Waals surface area contributed by atoms with E-state index in [9.17, 15) is 4.79 Å². The van der Waals surface area contributed by atoms with Crippen LogP contribution in [0.15, 0.2) is 52.4 Å². The predicted molar refractivity (Wildman–Crippen MR) is 119 cm³/mol. The zero-order valence-electron chi connectivity index (χ0n) is 17.4. The maximum absolute atomic E-state index is 13.1. The maximum atomic E-state index is 13.1. The Morgan fingerprint density at radius 3 is 2.23 bits per heavy atom. The number of para-hydroxylation sites is 1. The van der Waals surface area contributed by atoms with Gasteiger partial charge >= 0.3 is 0 Å². The second-order valence-corrected chi connectivity index (χ2v) is 7.24. The Hall–Kier alpha value is -2.97. The molecular formula is C22H24N2O5S. The molecule has 1 aliphatic heterocycles. The highest BCUT2D eigenvalue weighted by Crippen LogP contribution is 2.40. The van der Waals surface area contributed by atoms with Gasteiger partial charge in [-0.2, -0.15) is 0 Å². The maximum Gasteiger partial charge on any atom is 0.266 e. The van der Waals surface area contributed by atoms with Gasteiger partial charge in [0.15, 0.2) is 5.17 Å². The molecule has 0 aliphatic carbocycles.